The molecule has 190 valence electrons. The third-order valence-electron chi connectivity index (χ3n) is 6.62. The Balaban J connectivity index is 1.53. The molecule has 0 spiro atoms. The van der Waals surface area contributed by atoms with Gasteiger partial charge in [-0.1, -0.05) is 24.3 Å². The molecule has 10 nitrogen and oxygen atoms in total. The first-order chi connectivity index (χ1) is 17.5. The molecule has 0 aromatic heterocycles. The smallest absolute Gasteiger partial charge is 0.249 e. The van der Waals surface area contributed by atoms with Gasteiger partial charge in [0.1, 0.15) is 24.6 Å². The Morgan fingerprint density at radius 3 is 2.75 bits per heavy atom. The highest BCUT2D eigenvalue weighted by Gasteiger charge is 2.50. The number of methoxy groups -OCH3 is 1. The minimum absolute atomic E-state index is 0.0762. The number of fused-ring (bicyclic) bond motifs is 4. The average molecular weight is 497 g/mol. The van der Waals surface area contributed by atoms with Crippen LogP contribution in [0.2, 0.25) is 0 Å². The first kappa shape index (κ1) is 24.1. The van der Waals surface area contributed by atoms with Crippen molar-refractivity contribution in [2.24, 2.45) is 0 Å². The Bertz CT molecular complexity index is 1180. The van der Waals surface area contributed by atoms with E-state index in [9.17, 15) is 19.8 Å². The second-order valence-corrected chi connectivity index (χ2v) is 8.82. The number of para-hydroxylation sites is 1. The Morgan fingerprint density at radius 1 is 1.14 bits per heavy atom. The number of carbonyl (C=O) groups is 2. The minimum atomic E-state index is -1.12. The number of aliphatic hydroxyl groups excluding tert-OH is 2. The molecule has 2 heterocycles. The van der Waals surface area contributed by atoms with E-state index in [0.717, 1.165) is 11.1 Å². The summed E-state index contributed by atoms with van der Waals surface area (Å²) in [7, 11) is 1.42. The standard InChI is InChI=1S/C26H28N2O8/c1-33-13-22(30)28(12-15-6-7-20-21(10-15)35-14-34-20)18-11-17(26(32)27-8-9-29)23-16-4-2-3-5-19(16)36-25(23)24(18)31/h2-7,10-11,18,23-25,29,31H,8-9,12-14H2,1H3,(H,27,32). The Morgan fingerprint density at radius 2 is 1.94 bits per heavy atom. The number of nitrogens with one attached hydrogen (secondary N) is 1. The third kappa shape index (κ3) is 4.39. The highest BCUT2D eigenvalue weighted by atomic mass is 16.7. The van der Waals surface area contributed by atoms with Crippen LogP contribution >= 0.6 is 0 Å². The first-order valence-electron chi connectivity index (χ1n) is 11.7. The molecule has 3 aliphatic rings. The van der Waals surface area contributed by atoms with E-state index in [-0.39, 0.29) is 39.0 Å². The van der Waals surface area contributed by atoms with Crippen molar-refractivity contribution in [2.45, 2.75) is 30.7 Å². The fraction of sp³-hybridized carbons (Fsp3) is 0.385. The van der Waals surface area contributed by atoms with Crippen LogP contribution in [-0.2, 0) is 20.9 Å². The lowest BCUT2D eigenvalue weighted by Crippen LogP contribution is -2.56. The summed E-state index contributed by atoms with van der Waals surface area (Å²) >= 11 is 0. The number of hydrogen-bond donors (Lipinski definition) is 3. The number of ether oxygens (including phenoxy) is 4. The molecule has 0 radical (unpaired) electrons. The fourth-order valence-electron chi connectivity index (χ4n) is 4.99. The highest BCUT2D eigenvalue weighted by Crippen LogP contribution is 2.47. The van der Waals surface area contributed by atoms with Crippen molar-refractivity contribution in [1.29, 1.82) is 0 Å². The predicted molar refractivity (Wildman–Crippen MR) is 127 cm³/mol. The van der Waals surface area contributed by atoms with Crippen molar-refractivity contribution in [3.63, 3.8) is 0 Å². The van der Waals surface area contributed by atoms with Crippen molar-refractivity contribution in [3.05, 3.63) is 65.2 Å². The van der Waals surface area contributed by atoms with E-state index in [1.54, 1.807) is 24.3 Å². The maximum Gasteiger partial charge on any atom is 0.249 e. The number of nitrogens with zero attached hydrogens (tertiary/aromatic N) is 1. The summed E-state index contributed by atoms with van der Waals surface area (Å²) in [6.45, 7) is -0.0835. The van der Waals surface area contributed by atoms with Gasteiger partial charge in [-0.3, -0.25) is 9.59 Å². The normalized spacial score (nSPS) is 23.2. The van der Waals surface area contributed by atoms with Crippen LogP contribution in [-0.4, -0.2) is 78.8 Å². The molecule has 2 aromatic rings. The highest BCUT2D eigenvalue weighted by molar-refractivity contribution is 5.96. The van der Waals surface area contributed by atoms with Gasteiger partial charge in [-0.25, -0.2) is 0 Å². The summed E-state index contributed by atoms with van der Waals surface area (Å²) < 4.78 is 22.1. The van der Waals surface area contributed by atoms with Gasteiger partial charge in [-0.2, -0.15) is 0 Å². The molecule has 2 amide bonds. The van der Waals surface area contributed by atoms with E-state index < -0.39 is 30.1 Å². The molecule has 4 unspecified atom stereocenters. The SMILES string of the molecule is COCC(=O)N(Cc1ccc2c(c1)OCO2)C1C=C(C(=O)NCCO)C2c3ccccc3OC2C1O. The van der Waals surface area contributed by atoms with Crippen molar-refractivity contribution >= 4 is 11.8 Å². The van der Waals surface area contributed by atoms with Crippen LogP contribution in [0.1, 0.15) is 17.0 Å². The predicted octanol–water partition coefficient (Wildman–Crippen LogP) is 0.713. The van der Waals surface area contributed by atoms with Crippen molar-refractivity contribution in [2.75, 3.05) is 33.7 Å². The van der Waals surface area contributed by atoms with Gasteiger partial charge in [0.15, 0.2) is 11.5 Å². The van der Waals surface area contributed by atoms with E-state index in [1.165, 1.54) is 12.0 Å². The van der Waals surface area contributed by atoms with E-state index >= 15 is 0 Å². The van der Waals surface area contributed by atoms with Crippen molar-refractivity contribution in [3.8, 4) is 17.2 Å². The van der Waals surface area contributed by atoms with Crippen LogP contribution in [0.15, 0.2) is 54.1 Å². The van der Waals surface area contributed by atoms with Crippen molar-refractivity contribution < 1.29 is 38.7 Å². The summed E-state index contributed by atoms with van der Waals surface area (Å²) in [4.78, 5) is 27.9. The van der Waals surface area contributed by atoms with Crippen LogP contribution in [0, 0.1) is 0 Å². The molecule has 0 bridgehead atoms. The fourth-order valence-corrected chi connectivity index (χ4v) is 4.99. The van der Waals surface area contributed by atoms with Gasteiger partial charge < -0.3 is 39.4 Å². The quantitative estimate of drug-likeness (QED) is 0.488. The van der Waals surface area contributed by atoms with Crippen LogP contribution < -0.4 is 19.5 Å². The zero-order chi connectivity index (χ0) is 25.2. The third-order valence-corrected chi connectivity index (χ3v) is 6.62. The monoisotopic (exact) mass is 496 g/mol. The molecule has 4 atom stereocenters. The molecule has 36 heavy (non-hydrogen) atoms. The molecule has 0 saturated carbocycles. The van der Waals surface area contributed by atoms with Crippen LogP contribution in [0.3, 0.4) is 0 Å². The Hall–Kier alpha value is -3.60. The van der Waals surface area contributed by atoms with Gasteiger partial charge in [0.25, 0.3) is 0 Å². The second kappa shape index (κ2) is 10.2. The van der Waals surface area contributed by atoms with Crippen LogP contribution in [0.4, 0.5) is 0 Å². The maximum absolute atomic E-state index is 13.2. The number of rotatable bonds is 8. The molecular formula is C26H28N2O8. The van der Waals surface area contributed by atoms with Crippen molar-refractivity contribution in [1.82, 2.24) is 10.2 Å². The molecule has 10 heteroatoms. The molecule has 2 aromatic carbocycles. The molecule has 0 fully saturated rings. The molecule has 2 aliphatic heterocycles. The maximum atomic E-state index is 13.2. The lowest BCUT2D eigenvalue weighted by Gasteiger charge is -2.40. The number of carbonyl (C=O) groups excluding carboxylic acids is 2. The largest absolute Gasteiger partial charge is 0.486 e. The zero-order valence-electron chi connectivity index (χ0n) is 19.8. The molecule has 0 saturated heterocycles. The zero-order valence-corrected chi connectivity index (χ0v) is 19.8. The van der Waals surface area contributed by atoms with E-state index in [0.29, 0.717) is 22.8 Å². The molecule has 5 rings (SSSR count). The molecular weight excluding hydrogens is 468 g/mol. The van der Waals surface area contributed by atoms with Gasteiger partial charge in [0, 0.05) is 31.3 Å². The molecule has 3 N–H and O–H groups in total. The molecule has 1 aliphatic carbocycles. The van der Waals surface area contributed by atoms with Gasteiger partial charge in [-0.15, -0.1) is 0 Å². The number of hydrogen-bond acceptors (Lipinski definition) is 8. The Labute approximate surface area is 208 Å². The van der Waals surface area contributed by atoms with Crippen LogP contribution in [0.5, 0.6) is 17.2 Å². The summed E-state index contributed by atoms with van der Waals surface area (Å²) in [5, 5.41) is 23.4. The summed E-state index contributed by atoms with van der Waals surface area (Å²) in [6.07, 6.45) is -0.265. The van der Waals surface area contributed by atoms with Gasteiger partial charge in [-0.05, 0) is 29.8 Å². The van der Waals surface area contributed by atoms with E-state index in [1.807, 2.05) is 24.3 Å². The van der Waals surface area contributed by atoms with Gasteiger partial charge in [0.05, 0.1) is 18.6 Å². The average Bonchev–Trinajstić information content (AvgIpc) is 3.51. The van der Waals surface area contributed by atoms with E-state index in [4.69, 9.17) is 18.9 Å². The number of aliphatic hydroxyl groups is 2. The first-order valence-corrected chi connectivity index (χ1v) is 11.7. The van der Waals surface area contributed by atoms with Gasteiger partial charge >= 0.3 is 0 Å². The summed E-state index contributed by atoms with van der Waals surface area (Å²) in [6, 6.07) is 11.8. The van der Waals surface area contributed by atoms with Crippen LogP contribution in [0.25, 0.3) is 0 Å². The topological polar surface area (TPSA) is 127 Å². The summed E-state index contributed by atoms with van der Waals surface area (Å²) in [5.74, 6) is 0.506. The lowest BCUT2D eigenvalue weighted by molar-refractivity contribution is -0.141. The Kier molecular flexibility index (Phi) is 6.82. The minimum Gasteiger partial charge on any atom is -0.486 e. The van der Waals surface area contributed by atoms with Gasteiger partial charge in [0.2, 0.25) is 18.6 Å². The summed E-state index contributed by atoms with van der Waals surface area (Å²) in [5.41, 5.74) is 1.92. The lowest BCUT2D eigenvalue weighted by atomic mass is 9.77. The second-order valence-electron chi connectivity index (χ2n) is 8.82. The number of benzene rings is 2. The number of amides is 2. The van der Waals surface area contributed by atoms with E-state index in [2.05, 4.69) is 5.32 Å².